The molecule has 1 N–H and O–H groups in total. The molecule has 0 aliphatic heterocycles. The van der Waals surface area contributed by atoms with Gasteiger partial charge in [0.05, 0.1) is 11.2 Å². The molecule has 118 valence electrons. The molecule has 0 atom stereocenters. The van der Waals surface area contributed by atoms with E-state index >= 15 is 0 Å². The van der Waals surface area contributed by atoms with Gasteiger partial charge in [0.15, 0.2) is 0 Å². The van der Waals surface area contributed by atoms with Crippen molar-refractivity contribution in [1.82, 2.24) is 4.98 Å². The first-order chi connectivity index (χ1) is 11.2. The van der Waals surface area contributed by atoms with Gasteiger partial charge in [-0.2, -0.15) is 0 Å². The van der Waals surface area contributed by atoms with Gasteiger partial charge in [-0.3, -0.25) is 4.79 Å². The van der Waals surface area contributed by atoms with E-state index in [4.69, 9.17) is 9.84 Å². The van der Waals surface area contributed by atoms with Crippen molar-refractivity contribution < 1.29 is 14.6 Å². The maximum absolute atomic E-state index is 10.6. The van der Waals surface area contributed by atoms with E-state index in [1.165, 1.54) is 0 Å². The van der Waals surface area contributed by atoms with Crippen LogP contribution >= 0.6 is 0 Å². The minimum atomic E-state index is -0.785. The van der Waals surface area contributed by atoms with Crippen LogP contribution in [0.4, 0.5) is 0 Å². The van der Waals surface area contributed by atoms with Crippen molar-refractivity contribution in [2.24, 2.45) is 0 Å². The third-order valence-corrected chi connectivity index (χ3v) is 3.59. The van der Waals surface area contributed by atoms with Gasteiger partial charge >= 0.3 is 35.5 Å². The summed E-state index contributed by atoms with van der Waals surface area (Å²) in [7, 11) is 0. The monoisotopic (exact) mass is 331 g/mol. The fraction of sp³-hybridized carbons (Fsp3) is 0.158. The van der Waals surface area contributed by atoms with Gasteiger partial charge < -0.3 is 9.84 Å². The topological polar surface area (TPSA) is 59.4 Å². The van der Waals surface area contributed by atoms with E-state index in [1.54, 1.807) is 0 Å². The number of aryl methyl sites for hydroxylation is 1. The van der Waals surface area contributed by atoms with E-state index in [0.717, 1.165) is 27.9 Å². The van der Waals surface area contributed by atoms with Crippen molar-refractivity contribution in [1.29, 1.82) is 0 Å². The average Bonchev–Trinajstić information content (AvgIpc) is 2.59. The molecular weight excluding hydrogens is 313 g/mol. The molecule has 4 nitrogen and oxygen atoms in total. The number of ether oxygens (including phenoxy) is 1. The number of aliphatic carboxylic acids is 1. The summed E-state index contributed by atoms with van der Waals surface area (Å²) in [6.45, 7) is 0.402. The molecule has 0 saturated carbocycles. The summed E-state index contributed by atoms with van der Waals surface area (Å²) in [5, 5.41) is 9.79. The molecule has 0 unspecified atom stereocenters. The van der Waals surface area contributed by atoms with Crippen LogP contribution in [-0.4, -0.2) is 45.6 Å². The average molecular weight is 331 g/mol. The van der Waals surface area contributed by atoms with E-state index in [9.17, 15) is 4.79 Å². The van der Waals surface area contributed by atoms with Gasteiger partial charge in [-0.1, -0.05) is 36.4 Å². The quantitative estimate of drug-likeness (QED) is 0.705. The van der Waals surface area contributed by atoms with Crippen molar-refractivity contribution in [3.05, 3.63) is 71.9 Å². The number of carboxylic acids is 1. The van der Waals surface area contributed by atoms with Crippen molar-refractivity contribution in [2.45, 2.75) is 19.4 Å². The number of benzene rings is 2. The number of fused-ring (bicyclic) bond motifs is 1. The van der Waals surface area contributed by atoms with E-state index < -0.39 is 5.97 Å². The molecule has 3 aromatic rings. The van der Waals surface area contributed by atoms with Crippen LogP contribution in [0.3, 0.4) is 0 Å². The number of pyridine rings is 1. The number of aromatic nitrogens is 1. The Morgan fingerprint density at radius 2 is 1.75 bits per heavy atom. The summed E-state index contributed by atoms with van der Waals surface area (Å²) in [5.74, 6) is -0.0354. The van der Waals surface area contributed by atoms with Gasteiger partial charge in [0.1, 0.15) is 12.4 Å². The molecule has 24 heavy (non-hydrogen) atoms. The number of carboxylic acid groups (broad SMARTS) is 1. The Balaban J connectivity index is 0.00000208. The van der Waals surface area contributed by atoms with E-state index in [0.29, 0.717) is 13.0 Å². The summed E-state index contributed by atoms with van der Waals surface area (Å²) in [6, 6.07) is 19.5. The molecule has 2 aromatic carbocycles. The second-order valence-electron chi connectivity index (χ2n) is 5.32. The second-order valence-corrected chi connectivity index (χ2v) is 5.32. The van der Waals surface area contributed by atoms with Crippen molar-refractivity contribution in [2.75, 3.05) is 0 Å². The van der Waals surface area contributed by atoms with Gasteiger partial charge in [0.2, 0.25) is 0 Å². The van der Waals surface area contributed by atoms with Crippen molar-refractivity contribution in [3.63, 3.8) is 0 Å². The number of carbonyl (C=O) groups is 1. The molecule has 0 spiro atoms. The summed E-state index contributed by atoms with van der Waals surface area (Å²) in [6.07, 6.45) is 0.670. The normalized spacial score (nSPS) is 10.2. The summed E-state index contributed by atoms with van der Waals surface area (Å²) >= 11 is 0. The Labute approximate surface area is 162 Å². The zero-order chi connectivity index (χ0) is 16.1. The SMILES string of the molecule is O=C(O)CCc1ccc(OCc2ccc3ccccc3n2)cc1.[NaH]. The Morgan fingerprint density at radius 1 is 1.00 bits per heavy atom. The van der Waals surface area contributed by atoms with Crippen LogP contribution in [0.25, 0.3) is 10.9 Å². The van der Waals surface area contributed by atoms with Crippen molar-refractivity contribution in [3.8, 4) is 5.75 Å². The van der Waals surface area contributed by atoms with E-state index in [1.807, 2.05) is 60.7 Å². The van der Waals surface area contributed by atoms with Crippen LogP contribution in [0.15, 0.2) is 60.7 Å². The molecular formula is C19H18NNaO3. The fourth-order valence-corrected chi connectivity index (χ4v) is 2.35. The Bertz CT molecular complexity index is 818. The van der Waals surface area contributed by atoms with Crippen LogP contribution in [0.1, 0.15) is 17.7 Å². The zero-order valence-corrected chi connectivity index (χ0v) is 12.6. The van der Waals surface area contributed by atoms with Crippen LogP contribution < -0.4 is 4.74 Å². The predicted molar refractivity (Wildman–Crippen MR) is 95.6 cm³/mol. The number of hydrogen-bond acceptors (Lipinski definition) is 3. The molecule has 1 aromatic heterocycles. The number of rotatable bonds is 6. The predicted octanol–water partition coefficient (Wildman–Crippen LogP) is 3.18. The van der Waals surface area contributed by atoms with Crippen LogP contribution in [0, 0.1) is 0 Å². The molecule has 0 aliphatic rings. The summed E-state index contributed by atoms with van der Waals surface area (Å²) in [4.78, 5) is 15.1. The first kappa shape index (κ1) is 18.5. The Kier molecular flexibility index (Phi) is 6.79. The van der Waals surface area contributed by atoms with Gasteiger partial charge in [-0.05, 0) is 36.2 Å². The molecule has 0 fully saturated rings. The van der Waals surface area contributed by atoms with Crippen molar-refractivity contribution >= 4 is 46.4 Å². The molecule has 0 saturated heterocycles. The summed E-state index contributed by atoms with van der Waals surface area (Å²) < 4.78 is 5.74. The van der Waals surface area contributed by atoms with Gasteiger partial charge in [-0.25, -0.2) is 4.98 Å². The number of para-hydroxylation sites is 1. The fourth-order valence-electron chi connectivity index (χ4n) is 2.35. The molecule has 0 radical (unpaired) electrons. The third-order valence-electron chi connectivity index (χ3n) is 3.59. The Hall–Kier alpha value is -1.88. The van der Waals surface area contributed by atoms with E-state index in [2.05, 4.69) is 4.98 Å². The van der Waals surface area contributed by atoms with Gasteiger partial charge in [0, 0.05) is 11.8 Å². The number of hydrogen-bond donors (Lipinski definition) is 1. The molecule has 5 heteroatoms. The second kappa shape index (κ2) is 8.83. The van der Waals surface area contributed by atoms with Crippen LogP contribution in [-0.2, 0) is 17.8 Å². The molecule has 0 amide bonds. The molecule has 0 aliphatic carbocycles. The first-order valence-electron chi connectivity index (χ1n) is 7.49. The third kappa shape index (κ3) is 5.06. The maximum atomic E-state index is 10.6. The molecule has 0 bridgehead atoms. The molecule has 1 heterocycles. The van der Waals surface area contributed by atoms with Gasteiger partial charge in [0.25, 0.3) is 0 Å². The zero-order valence-electron chi connectivity index (χ0n) is 12.6. The number of nitrogens with zero attached hydrogens (tertiary/aromatic N) is 1. The van der Waals surface area contributed by atoms with Crippen LogP contribution in [0.5, 0.6) is 5.75 Å². The minimum absolute atomic E-state index is 0. The van der Waals surface area contributed by atoms with Gasteiger partial charge in [-0.15, -0.1) is 0 Å². The Morgan fingerprint density at radius 3 is 2.50 bits per heavy atom. The summed E-state index contributed by atoms with van der Waals surface area (Å²) in [5.41, 5.74) is 2.82. The van der Waals surface area contributed by atoms with Crippen LogP contribution in [0.2, 0.25) is 0 Å². The molecule has 3 rings (SSSR count). The van der Waals surface area contributed by atoms with E-state index in [-0.39, 0.29) is 36.0 Å². The standard InChI is InChI=1S/C19H17NO3.Na.H/c21-19(22)12-7-14-5-10-17(11-6-14)23-13-16-9-8-15-3-1-2-4-18(15)20-16;;/h1-6,8-11H,7,12-13H2,(H,21,22);;. The first-order valence-corrected chi connectivity index (χ1v) is 7.49.